The van der Waals surface area contributed by atoms with E-state index in [2.05, 4.69) is 10.3 Å². The van der Waals surface area contributed by atoms with Crippen LogP contribution in [0.5, 0.6) is 5.75 Å². The Kier molecular flexibility index (Phi) is 5.41. The number of carbonyl (C=O) groups is 2. The molecule has 1 atom stereocenters. The van der Waals surface area contributed by atoms with Gasteiger partial charge in [-0.25, -0.2) is 0 Å². The van der Waals surface area contributed by atoms with Gasteiger partial charge in [0.2, 0.25) is 0 Å². The van der Waals surface area contributed by atoms with Crippen LogP contribution < -0.4 is 15.8 Å². The van der Waals surface area contributed by atoms with Gasteiger partial charge in [0.1, 0.15) is 11.4 Å². The summed E-state index contributed by atoms with van der Waals surface area (Å²) >= 11 is 0. The number of benzene rings is 1. The number of aromatic nitrogens is 1. The van der Waals surface area contributed by atoms with E-state index in [4.69, 9.17) is 10.5 Å². The molecule has 0 aliphatic heterocycles. The summed E-state index contributed by atoms with van der Waals surface area (Å²) in [5.41, 5.74) is 9.35. The minimum atomic E-state index is -0.330. The molecule has 1 aromatic heterocycles. The fourth-order valence-corrected chi connectivity index (χ4v) is 2.77. The van der Waals surface area contributed by atoms with Gasteiger partial charge in [-0.15, -0.1) is 0 Å². The average molecular weight is 329 g/mol. The Bertz CT molecular complexity index is 748. The molecule has 1 unspecified atom stereocenters. The van der Waals surface area contributed by atoms with E-state index in [1.54, 1.807) is 21.0 Å². The Hall–Kier alpha value is -2.60. The van der Waals surface area contributed by atoms with E-state index in [9.17, 15) is 9.59 Å². The highest BCUT2D eigenvalue weighted by Crippen LogP contribution is 2.19. The highest BCUT2D eigenvalue weighted by molar-refractivity contribution is 6.02. The zero-order chi connectivity index (χ0) is 17.9. The van der Waals surface area contributed by atoms with Gasteiger partial charge in [-0.2, -0.15) is 0 Å². The number of amides is 1. The van der Waals surface area contributed by atoms with E-state index in [-0.39, 0.29) is 24.3 Å². The summed E-state index contributed by atoms with van der Waals surface area (Å²) in [7, 11) is 1.60. The number of aromatic amines is 1. The summed E-state index contributed by atoms with van der Waals surface area (Å²) < 4.78 is 5.11. The predicted octanol–water partition coefficient (Wildman–Crippen LogP) is 2.27. The topological polar surface area (TPSA) is 97.2 Å². The van der Waals surface area contributed by atoms with Crippen molar-refractivity contribution in [3.05, 3.63) is 52.3 Å². The normalized spacial score (nSPS) is 11.9. The van der Waals surface area contributed by atoms with Crippen LogP contribution in [0.25, 0.3) is 0 Å². The van der Waals surface area contributed by atoms with Gasteiger partial charge in [0.15, 0.2) is 5.78 Å². The first-order valence-corrected chi connectivity index (χ1v) is 7.73. The van der Waals surface area contributed by atoms with Gasteiger partial charge in [-0.3, -0.25) is 9.59 Å². The molecule has 0 saturated carbocycles. The maximum absolute atomic E-state index is 12.4. The fraction of sp³-hybridized carbons (Fsp3) is 0.333. The van der Waals surface area contributed by atoms with Crippen molar-refractivity contribution < 1.29 is 14.3 Å². The molecular formula is C18H23N3O3. The largest absolute Gasteiger partial charge is 0.497 e. The molecule has 0 saturated heterocycles. The van der Waals surface area contributed by atoms with Crippen molar-refractivity contribution in [2.45, 2.75) is 26.8 Å². The molecule has 0 aliphatic rings. The number of ether oxygens (including phenoxy) is 1. The Morgan fingerprint density at radius 1 is 1.25 bits per heavy atom. The van der Waals surface area contributed by atoms with E-state index in [0.29, 0.717) is 22.5 Å². The lowest BCUT2D eigenvalue weighted by molar-refractivity contribution is 0.0946. The van der Waals surface area contributed by atoms with Crippen molar-refractivity contribution in [3.8, 4) is 5.75 Å². The van der Waals surface area contributed by atoms with Crippen molar-refractivity contribution >= 4 is 11.7 Å². The van der Waals surface area contributed by atoms with Crippen LogP contribution in [0.3, 0.4) is 0 Å². The second-order valence-corrected chi connectivity index (χ2v) is 5.77. The predicted molar refractivity (Wildman–Crippen MR) is 92.5 cm³/mol. The highest BCUT2D eigenvalue weighted by Gasteiger charge is 2.20. The number of ketones is 1. The molecule has 6 nitrogen and oxygen atoms in total. The number of nitrogens with two attached hydrogens (primary N) is 1. The number of methoxy groups -OCH3 is 1. The van der Waals surface area contributed by atoms with Gasteiger partial charge in [0.05, 0.1) is 7.11 Å². The van der Waals surface area contributed by atoms with Crippen LogP contribution in [0.1, 0.15) is 50.6 Å². The minimum absolute atomic E-state index is 0.0600. The number of Topliss-reactive ketones (excluding diaryl/α,β-unsaturated/α-hetero) is 1. The molecular weight excluding hydrogens is 306 g/mol. The Balaban J connectivity index is 2.05. The number of H-pyrrole nitrogens is 1. The minimum Gasteiger partial charge on any atom is -0.497 e. The smallest absolute Gasteiger partial charge is 0.268 e. The second kappa shape index (κ2) is 7.31. The lowest BCUT2D eigenvalue weighted by Crippen LogP contribution is -2.32. The quantitative estimate of drug-likeness (QED) is 0.708. The first-order valence-electron chi connectivity index (χ1n) is 7.73. The van der Waals surface area contributed by atoms with Crippen LogP contribution in [0.15, 0.2) is 24.3 Å². The molecule has 0 aliphatic carbocycles. The third-order valence-electron chi connectivity index (χ3n) is 4.04. The summed E-state index contributed by atoms with van der Waals surface area (Å²) in [5, 5.41) is 2.81. The Morgan fingerprint density at radius 3 is 2.38 bits per heavy atom. The van der Waals surface area contributed by atoms with E-state index in [1.807, 2.05) is 24.3 Å². The summed E-state index contributed by atoms with van der Waals surface area (Å²) in [6, 6.07) is 7.06. The summed E-state index contributed by atoms with van der Waals surface area (Å²) in [5.74, 6) is 0.423. The highest BCUT2D eigenvalue weighted by atomic mass is 16.5. The van der Waals surface area contributed by atoms with Crippen molar-refractivity contribution in [3.63, 3.8) is 0 Å². The van der Waals surface area contributed by atoms with Crippen molar-refractivity contribution in [2.24, 2.45) is 5.73 Å². The molecule has 0 spiro atoms. The Morgan fingerprint density at radius 2 is 1.88 bits per heavy atom. The molecule has 6 heteroatoms. The standard InChI is InChI=1S/C18H23N3O3/c1-10-16(12(3)22)11(2)21-17(10)18(23)20-9-15(19)13-5-7-14(24-4)8-6-13/h5-8,15,21H,9,19H2,1-4H3,(H,20,23). The van der Waals surface area contributed by atoms with Crippen molar-refractivity contribution in [1.82, 2.24) is 10.3 Å². The molecule has 1 amide bonds. The van der Waals surface area contributed by atoms with E-state index >= 15 is 0 Å². The lowest BCUT2D eigenvalue weighted by Gasteiger charge is -2.13. The van der Waals surface area contributed by atoms with Crippen molar-refractivity contribution in [2.75, 3.05) is 13.7 Å². The molecule has 0 fully saturated rings. The summed E-state index contributed by atoms with van der Waals surface area (Å²) in [4.78, 5) is 27.0. The van der Waals surface area contributed by atoms with Crippen LogP contribution >= 0.6 is 0 Å². The second-order valence-electron chi connectivity index (χ2n) is 5.77. The van der Waals surface area contributed by atoms with E-state index in [0.717, 1.165) is 11.3 Å². The fourth-order valence-electron chi connectivity index (χ4n) is 2.77. The number of rotatable bonds is 6. The molecule has 2 aromatic rings. The number of hydrogen-bond acceptors (Lipinski definition) is 4. The van der Waals surface area contributed by atoms with Crippen LogP contribution in [0.2, 0.25) is 0 Å². The van der Waals surface area contributed by atoms with Crippen molar-refractivity contribution in [1.29, 1.82) is 0 Å². The summed E-state index contributed by atoms with van der Waals surface area (Å²) in [6.07, 6.45) is 0. The molecule has 24 heavy (non-hydrogen) atoms. The zero-order valence-corrected chi connectivity index (χ0v) is 14.4. The molecule has 1 aromatic carbocycles. The van der Waals surface area contributed by atoms with Crippen LogP contribution in [0.4, 0.5) is 0 Å². The van der Waals surface area contributed by atoms with Gasteiger partial charge < -0.3 is 20.8 Å². The van der Waals surface area contributed by atoms with Gasteiger partial charge in [-0.05, 0) is 44.0 Å². The van der Waals surface area contributed by atoms with Gasteiger partial charge in [0, 0.05) is 23.8 Å². The molecule has 0 bridgehead atoms. The first kappa shape index (κ1) is 17.7. The third kappa shape index (κ3) is 3.65. The van der Waals surface area contributed by atoms with E-state index in [1.165, 1.54) is 6.92 Å². The molecule has 4 N–H and O–H groups in total. The van der Waals surface area contributed by atoms with Crippen LogP contribution in [-0.2, 0) is 0 Å². The number of nitrogens with one attached hydrogen (secondary N) is 2. The average Bonchev–Trinajstić information content (AvgIpc) is 2.87. The molecule has 128 valence electrons. The van der Waals surface area contributed by atoms with Gasteiger partial charge in [-0.1, -0.05) is 12.1 Å². The van der Waals surface area contributed by atoms with Gasteiger partial charge in [0.25, 0.3) is 5.91 Å². The SMILES string of the molecule is COc1ccc(C(N)CNC(=O)c2[nH]c(C)c(C(C)=O)c2C)cc1. The maximum Gasteiger partial charge on any atom is 0.268 e. The monoisotopic (exact) mass is 329 g/mol. The van der Waals surface area contributed by atoms with Crippen LogP contribution in [-0.4, -0.2) is 30.3 Å². The van der Waals surface area contributed by atoms with Crippen LogP contribution in [0, 0.1) is 13.8 Å². The number of aryl methyl sites for hydroxylation is 1. The zero-order valence-electron chi connectivity index (χ0n) is 14.4. The lowest BCUT2D eigenvalue weighted by atomic mass is 10.1. The number of hydrogen-bond donors (Lipinski definition) is 3. The van der Waals surface area contributed by atoms with Gasteiger partial charge >= 0.3 is 0 Å². The molecule has 2 rings (SSSR count). The molecule has 1 heterocycles. The van der Waals surface area contributed by atoms with E-state index < -0.39 is 0 Å². The molecule has 0 radical (unpaired) electrons. The third-order valence-corrected chi connectivity index (χ3v) is 4.04. The Labute approximate surface area is 141 Å². The first-order chi connectivity index (χ1) is 11.3. The maximum atomic E-state index is 12.4. The summed E-state index contributed by atoms with van der Waals surface area (Å²) in [6.45, 7) is 5.32. The number of carbonyl (C=O) groups excluding carboxylic acids is 2.